The van der Waals surface area contributed by atoms with Crippen molar-refractivity contribution in [2.75, 3.05) is 20.2 Å². The summed E-state index contributed by atoms with van der Waals surface area (Å²) < 4.78 is 10.9. The van der Waals surface area contributed by atoms with Crippen LogP contribution in [0.25, 0.3) is 5.57 Å². The number of methoxy groups -OCH3 is 1. The van der Waals surface area contributed by atoms with Gasteiger partial charge in [0.2, 0.25) is 5.88 Å². The fourth-order valence-corrected chi connectivity index (χ4v) is 3.56. The van der Waals surface area contributed by atoms with E-state index in [9.17, 15) is 9.59 Å². The Morgan fingerprint density at radius 1 is 1.13 bits per heavy atom. The molecule has 0 bridgehead atoms. The van der Waals surface area contributed by atoms with E-state index in [4.69, 9.17) is 9.47 Å². The van der Waals surface area contributed by atoms with E-state index < -0.39 is 5.60 Å². The average molecular weight is 418 g/mol. The standard InChI is InChI=1S/C23H35N3O4/c1-15(2)26(16(3)4)21(27)19-10-9-18(20(24-19)29-8)17-11-13-25(14-12-17)22(28)30-23(5,6)7/h9-11,15-16H,12-14H2,1-8H3. The average Bonchev–Trinajstić information content (AvgIpc) is 2.65. The zero-order valence-corrected chi connectivity index (χ0v) is 19.5. The summed E-state index contributed by atoms with van der Waals surface area (Å²) in [5.74, 6) is 0.309. The van der Waals surface area contributed by atoms with Gasteiger partial charge in [-0.3, -0.25) is 4.79 Å². The zero-order chi connectivity index (χ0) is 22.6. The molecule has 7 heteroatoms. The van der Waals surface area contributed by atoms with Crippen LogP contribution in [0.2, 0.25) is 0 Å². The van der Waals surface area contributed by atoms with Crippen LogP contribution in [0.3, 0.4) is 0 Å². The molecule has 0 N–H and O–H groups in total. The summed E-state index contributed by atoms with van der Waals surface area (Å²) in [6.45, 7) is 14.6. The SMILES string of the molecule is COc1nc(C(=O)N(C(C)C)C(C)C)ccc1C1=CCN(C(=O)OC(C)(C)C)CC1. The Morgan fingerprint density at radius 3 is 2.23 bits per heavy atom. The molecule has 0 unspecified atom stereocenters. The van der Waals surface area contributed by atoms with Gasteiger partial charge in [-0.05, 0) is 72.6 Å². The molecule has 1 aliphatic heterocycles. The fourth-order valence-electron chi connectivity index (χ4n) is 3.56. The minimum Gasteiger partial charge on any atom is -0.481 e. The van der Waals surface area contributed by atoms with Gasteiger partial charge in [-0.15, -0.1) is 0 Å². The quantitative estimate of drug-likeness (QED) is 0.711. The highest BCUT2D eigenvalue weighted by Gasteiger charge is 2.27. The van der Waals surface area contributed by atoms with Crippen LogP contribution in [0.5, 0.6) is 5.88 Å². The first-order valence-corrected chi connectivity index (χ1v) is 10.5. The molecular formula is C23H35N3O4. The number of rotatable bonds is 5. The van der Waals surface area contributed by atoms with Crippen molar-refractivity contribution in [2.45, 2.75) is 72.6 Å². The number of amides is 2. The first kappa shape index (κ1) is 23.7. The predicted molar refractivity (Wildman–Crippen MR) is 118 cm³/mol. The highest BCUT2D eigenvalue weighted by molar-refractivity contribution is 5.93. The molecule has 0 spiro atoms. The van der Waals surface area contributed by atoms with Crippen molar-refractivity contribution in [2.24, 2.45) is 0 Å². The van der Waals surface area contributed by atoms with Crippen LogP contribution in [-0.4, -0.2) is 64.7 Å². The number of nitrogens with zero attached hydrogens (tertiary/aromatic N) is 3. The van der Waals surface area contributed by atoms with E-state index in [0.29, 0.717) is 31.1 Å². The van der Waals surface area contributed by atoms with Gasteiger partial charge in [-0.1, -0.05) is 6.08 Å². The van der Waals surface area contributed by atoms with E-state index in [1.807, 2.05) is 60.6 Å². The van der Waals surface area contributed by atoms with Gasteiger partial charge in [0.15, 0.2) is 0 Å². The van der Waals surface area contributed by atoms with E-state index in [0.717, 1.165) is 11.1 Å². The van der Waals surface area contributed by atoms with Gasteiger partial charge >= 0.3 is 6.09 Å². The largest absolute Gasteiger partial charge is 0.481 e. The van der Waals surface area contributed by atoms with Crippen molar-refractivity contribution in [3.8, 4) is 5.88 Å². The van der Waals surface area contributed by atoms with Crippen molar-refractivity contribution >= 4 is 17.6 Å². The molecule has 0 aliphatic carbocycles. The Hall–Kier alpha value is -2.57. The smallest absolute Gasteiger partial charge is 0.410 e. The van der Waals surface area contributed by atoms with E-state index in [2.05, 4.69) is 4.98 Å². The van der Waals surface area contributed by atoms with Crippen molar-refractivity contribution in [1.82, 2.24) is 14.8 Å². The van der Waals surface area contributed by atoms with Crippen molar-refractivity contribution in [3.05, 3.63) is 29.5 Å². The lowest BCUT2D eigenvalue weighted by Gasteiger charge is -2.31. The Balaban J connectivity index is 2.22. The van der Waals surface area contributed by atoms with Crippen LogP contribution in [0.1, 0.15) is 70.9 Å². The maximum atomic E-state index is 13.0. The Kier molecular flexibility index (Phi) is 7.50. The lowest BCUT2D eigenvalue weighted by Crippen LogP contribution is -2.42. The van der Waals surface area contributed by atoms with Gasteiger partial charge in [-0.25, -0.2) is 9.78 Å². The van der Waals surface area contributed by atoms with E-state index in [1.165, 1.54) is 0 Å². The molecule has 30 heavy (non-hydrogen) atoms. The van der Waals surface area contributed by atoms with Crippen LogP contribution in [0.4, 0.5) is 4.79 Å². The van der Waals surface area contributed by atoms with Crippen molar-refractivity contribution in [3.63, 3.8) is 0 Å². The van der Waals surface area contributed by atoms with Gasteiger partial charge in [-0.2, -0.15) is 0 Å². The predicted octanol–water partition coefficient (Wildman–Crippen LogP) is 4.37. The van der Waals surface area contributed by atoms with Crippen LogP contribution in [0, 0.1) is 0 Å². The molecule has 0 radical (unpaired) electrons. The monoisotopic (exact) mass is 417 g/mol. The molecule has 166 valence electrons. The van der Waals surface area contributed by atoms with Crippen molar-refractivity contribution < 1.29 is 19.1 Å². The lowest BCUT2D eigenvalue weighted by molar-refractivity contribution is 0.0270. The second-order valence-electron chi connectivity index (χ2n) is 9.06. The summed E-state index contributed by atoms with van der Waals surface area (Å²) in [6, 6.07) is 3.78. The number of carbonyl (C=O) groups excluding carboxylic acids is 2. The Bertz CT molecular complexity index is 801. The minimum absolute atomic E-state index is 0.0739. The Morgan fingerprint density at radius 2 is 1.77 bits per heavy atom. The number of hydrogen-bond acceptors (Lipinski definition) is 5. The van der Waals surface area contributed by atoms with Crippen LogP contribution < -0.4 is 4.74 Å². The fraction of sp³-hybridized carbons (Fsp3) is 0.609. The second-order valence-corrected chi connectivity index (χ2v) is 9.06. The normalized spacial score (nSPS) is 14.6. The Labute approximate surface area is 180 Å². The summed E-state index contributed by atoms with van der Waals surface area (Å²) >= 11 is 0. The molecule has 0 saturated carbocycles. The maximum absolute atomic E-state index is 13.0. The summed E-state index contributed by atoms with van der Waals surface area (Å²) in [5.41, 5.74) is 1.74. The van der Waals surface area contributed by atoms with E-state index >= 15 is 0 Å². The molecule has 1 aromatic heterocycles. The topological polar surface area (TPSA) is 72.0 Å². The summed E-state index contributed by atoms with van der Waals surface area (Å²) in [7, 11) is 1.55. The first-order valence-electron chi connectivity index (χ1n) is 10.5. The molecule has 2 amide bonds. The summed E-state index contributed by atoms with van der Waals surface area (Å²) in [6.07, 6.45) is 2.34. The van der Waals surface area contributed by atoms with Gasteiger partial charge in [0, 0.05) is 30.7 Å². The van der Waals surface area contributed by atoms with Gasteiger partial charge in [0.25, 0.3) is 5.91 Å². The van der Waals surface area contributed by atoms with Crippen LogP contribution in [-0.2, 0) is 4.74 Å². The van der Waals surface area contributed by atoms with Gasteiger partial charge < -0.3 is 19.3 Å². The molecule has 1 aromatic rings. The number of pyridine rings is 1. The molecule has 2 heterocycles. The molecule has 0 saturated heterocycles. The maximum Gasteiger partial charge on any atom is 0.410 e. The van der Waals surface area contributed by atoms with Gasteiger partial charge in [0.1, 0.15) is 11.3 Å². The third kappa shape index (κ3) is 5.74. The highest BCUT2D eigenvalue weighted by Crippen LogP contribution is 2.30. The first-order chi connectivity index (χ1) is 13.9. The van der Waals surface area contributed by atoms with E-state index in [-0.39, 0.29) is 24.1 Å². The molecule has 7 nitrogen and oxygen atoms in total. The van der Waals surface area contributed by atoms with E-state index in [1.54, 1.807) is 23.0 Å². The third-order valence-electron chi connectivity index (χ3n) is 4.83. The molecule has 0 aromatic carbocycles. The molecule has 2 rings (SSSR count). The second kappa shape index (κ2) is 9.49. The number of hydrogen-bond donors (Lipinski definition) is 0. The third-order valence-corrected chi connectivity index (χ3v) is 4.83. The molecule has 0 fully saturated rings. The number of ether oxygens (including phenoxy) is 2. The number of carbonyl (C=O) groups is 2. The van der Waals surface area contributed by atoms with Crippen LogP contribution >= 0.6 is 0 Å². The molecular weight excluding hydrogens is 382 g/mol. The van der Waals surface area contributed by atoms with Crippen molar-refractivity contribution in [1.29, 1.82) is 0 Å². The van der Waals surface area contributed by atoms with Gasteiger partial charge in [0.05, 0.1) is 7.11 Å². The highest BCUT2D eigenvalue weighted by atomic mass is 16.6. The zero-order valence-electron chi connectivity index (χ0n) is 19.5. The molecule has 1 aliphatic rings. The summed E-state index contributed by atoms with van der Waals surface area (Å²) in [5, 5.41) is 0. The molecule has 0 atom stereocenters. The number of aromatic nitrogens is 1. The summed E-state index contributed by atoms with van der Waals surface area (Å²) in [4.78, 5) is 33.2. The lowest BCUT2D eigenvalue weighted by atomic mass is 10.00. The van der Waals surface area contributed by atoms with Crippen LogP contribution in [0.15, 0.2) is 18.2 Å². The minimum atomic E-state index is -0.517.